The molecule has 0 spiro atoms. The Morgan fingerprint density at radius 3 is 2.06 bits per heavy atom. The lowest BCUT2D eigenvalue weighted by Crippen LogP contribution is -2.45. The summed E-state index contributed by atoms with van der Waals surface area (Å²) in [6.07, 6.45) is 1.58. The molecule has 8 heteroatoms. The highest BCUT2D eigenvalue weighted by atomic mass is 16.2. The van der Waals surface area contributed by atoms with Crippen molar-refractivity contribution in [1.29, 1.82) is 0 Å². The van der Waals surface area contributed by atoms with Gasteiger partial charge in [0.05, 0.1) is 12.9 Å². The van der Waals surface area contributed by atoms with Gasteiger partial charge in [-0.25, -0.2) is 14.3 Å². The predicted molar refractivity (Wildman–Crippen MR) is 127 cm³/mol. The zero-order chi connectivity index (χ0) is 23.5. The number of imidazole rings is 1. The second-order valence-electron chi connectivity index (χ2n) is 8.37. The van der Waals surface area contributed by atoms with Gasteiger partial charge in [0.15, 0.2) is 11.2 Å². The second kappa shape index (κ2) is 9.28. The smallest absolute Gasteiger partial charge is 0.333 e. The van der Waals surface area contributed by atoms with Crippen molar-refractivity contribution in [2.75, 3.05) is 7.05 Å². The number of benzene rings is 2. The van der Waals surface area contributed by atoms with E-state index in [0.29, 0.717) is 17.7 Å². The monoisotopic (exact) mass is 445 g/mol. The van der Waals surface area contributed by atoms with Crippen molar-refractivity contribution in [3.8, 4) is 0 Å². The van der Waals surface area contributed by atoms with Crippen molar-refractivity contribution in [2.45, 2.75) is 39.5 Å². The van der Waals surface area contributed by atoms with E-state index in [4.69, 9.17) is 0 Å². The van der Waals surface area contributed by atoms with Crippen molar-refractivity contribution in [3.05, 3.63) is 99.0 Å². The highest BCUT2D eigenvalue weighted by molar-refractivity contribution is 5.77. The molecule has 0 saturated heterocycles. The molecule has 4 aromatic rings. The number of rotatable bonds is 7. The maximum absolute atomic E-state index is 13.5. The zero-order valence-corrected chi connectivity index (χ0v) is 19.0. The van der Waals surface area contributed by atoms with E-state index in [9.17, 15) is 14.4 Å². The van der Waals surface area contributed by atoms with E-state index in [-0.39, 0.29) is 25.0 Å². The average molecular weight is 446 g/mol. The van der Waals surface area contributed by atoms with Gasteiger partial charge in [-0.2, -0.15) is 0 Å². The molecule has 8 nitrogen and oxygen atoms in total. The van der Waals surface area contributed by atoms with Gasteiger partial charge in [-0.15, -0.1) is 0 Å². The normalized spacial score (nSPS) is 11.3. The number of hydrogen-bond donors (Lipinski definition) is 0. The molecule has 2 aromatic carbocycles. The SMILES string of the molecule is CC(C)N(C)C(=O)Cn1c(=O)c2c(ncn2Cc2ccccc2)n(Cc2ccccc2)c1=O. The van der Waals surface area contributed by atoms with Crippen LogP contribution < -0.4 is 11.2 Å². The summed E-state index contributed by atoms with van der Waals surface area (Å²) in [5.41, 5.74) is 1.44. The molecule has 0 radical (unpaired) electrons. The Morgan fingerprint density at radius 2 is 1.48 bits per heavy atom. The summed E-state index contributed by atoms with van der Waals surface area (Å²) in [6, 6.07) is 19.2. The van der Waals surface area contributed by atoms with Crippen LogP contribution in [0.3, 0.4) is 0 Å². The molecule has 1 amide bonds. The van der Waals surface area contributed by atoms with Crippen molar-refractivity contribution in [1.82, 2.24) is 23.6 Å². The van der Waals surface area contributed by atoms with Gasteiger partial charge in [-0.1, -0.05) is 60.7 Å². The number of aromatic nitrogens is 4. The van der Waals surface area contributed by atoms with E-state index in [1.807, 2.05) is 74.5 Å². The third kappa shape index (κ3) is 4.50. The first-order chi connectivity index (χ1) is 15.9. The van der Waals surface area contributed by atoms with Gasteiger partial charge in [0.25, 0.3) is 5.56 Å². The highest BCUT2D eigenvalue weighted by Gasteiger charge is 2.22. The molecule has 0 unspecified atom stereocenters. The zero-order valence-electron chi connectivity index (χ0n) is 19.0. The van der Waals surface area contributed by atoms with Crippen LogP contribution in [0.15, 0.2) is 76.6 Å². The summed E-state index contributed by atoms with van der Waals surface area (Å²) in [4.78, 5) is 45.6. The van der Waals surface area contributed by atoms with Crippen LogP contribution in [-0.4, -0.2) is 42.6 Å². The molecule has 33 heavy (non-hydrogen) atoms. The van der Waals surface area contributed by atoms with Gasteiger partial charge in [0.2, 0.25) is 5.91 Å². The summed E-state index contributed by atoms with van der Waals surface area (Å²) in [7, 11) is 1.67. The van der Waals surface area contributed by atoms with Crippen molar-refractivity contribution in [3.63, 3.8) is 0 Å². The van der Waals surface area contributed by atoms with Gasteiger partial charge < -0.3 is 9.47 Å². The molecular weight excluding hydrogens is 418 g/mol. The molecule has 4 rings (SSSR count). The maximum atomic E-state index is 13.5. The second-order valence-corrected chi connectivity index (χ2v) is 8.37. The largest absolute Gasteiger partial charge is 0.342 e. The minimum atomic E-state index is -0.549. The minimum Gasteiger partial charge on any atom is -0.342 e. The lowest BCUT2D eigenvalue weighted by molar-refractivity contribution is -0.132. The molecule has 0 bridgehead atoms. The number of amides is 1. The Hall–Kier alpha value is -3.94. The summed E-state index contributed by atoms with van der Waals surface area (Å²) < 4.78 is 4.23. The Labute approximate surface area is 191 Å². The van der Waals surface area contributed by atoms with Crippen LogP contribution in [0.1, 0.15) is 25.0 Å². The molecule has 0 fully saturated rings. The Morgan fingerprint density at radius 1 is 0.909 bits per heavy atom. The number of likely N-dealkylation sites (N-methyl/N-ethyl adjacent to an activating group) is 1. The molecule has 2 aromatic heterocycles. The standard InChI is InChI=1S/C25H27N5O3/c1-18(2)27(3)21(31)16-30-24(32)22-23(26-17-28(22)14-19-10-6-4-7-11-19)29(25(30)33)15-20-12-8-5-9-13-20/h4-13,17-18H,14-16H2,1-3H3. The first-order valence-corrected chi connectivity index (χ1v) is 10.9. The first kappa shape index (κ1) is 22.3. The first-order valence-electron chi connectivity index (χ1n) is 10.9. The molecule has 0 atom stereocenters. The van der Waals surface area contributed by atoms with E-state index >= 15 is 0 Å². The number of nitrogens with zero attached hydrogens (tertiary/aromatic N) is 5. The highest BCUT2D eigenvalue weighted by Crippen LogP contribution is 2.12. The topological polar surface area (TPSA) is 82.1 Å². The van der Waals surface area contributed by atoms with Crippen LogP contribution in [-0.2, 0) is 24.4 Å². The van der Waals surface area contributed by atoms with Crippen molar-refractivity contribution in [2.24, 2.45) is 0 Å². The van der Waals surface area contributed by atoms with Crippen LogP contribution in [0.5, 0.6) is 0 Å². The summed E-state index contributed by atoms with van der Waals surface area (Å²) in [6.45, 7) is 4.11. The van der Waals surface area contributed by atoms with Crippen molar-refractivity contribution >= 4 is 17.1 Å². The van der Waals surface area contributed by atoms with Crippen LogP contribution in [0.4, 0.5) is 0 Å². The molecule has 0 aliphatic heterocycles. The maximum Gasteiger partial charge on any atom is 0.333 e. The fourth-order valence-corrected chi connectivity index (χ4v) is 3.72. The molecule has 0 N–H and O–H groups in total. The average Bonchev–Trinajstić information content (AvgIpc) is 3.23. The van der Waals surface area contributed by atoms with Gasteiger partial charge in [0.1, 0.15) is 6.54 Å². The fourth-order valence-electron chi connectivity index (χ4n) is 3.72. The summed E-state index contributed by atoms with van der Waals surface area (Å²) in [5, 5.41) is 0. The lowest BCUT2D eigenvalue weighted by Gasteiger charge is -2.22. The van der Waals surface area contributed by atoms with Gasteiger partial charge >= 0.3 is 5.69 Å². The van der Waals surface area contributed by atoms with E-state index in [1.54, 1.807) is 17.9 Å². The number of carbonyl (C=O) groups is 1. The Kier molecular flexibility index (Phi) is 6.26. The van der Waals surface area contributed by atoms with E-state index in [1.165, 1.54) is 9.47 Å². The summed E-state index contributed by atoms with van der Waals surface area (Å²) >= 11 is 0. The number of hydrogen-bond acceptors (Lipinski definition) is 4. The summed E-state index contributed by atoms with van der Waals surface area (Å²) in [5.74, 6) is -0.302. The number of carbonyl (C=O) groups excluding carboxylic acids is 1. The third-order valence-electron chi connectivity index (χ3n) is 5.82. The van der Waals surface area contributed by atoms with Crippen molar-refractivity contribution < 1.29 is 4.79 Å². The Balaban J connectivity index is 1.88. The van der Waals surface area contributed by atoms with Gasteiger partial charge in [-0.3, -0.25) is 14.2 Å². The van der Waals surface area contributed by atoms with E-state index in [2.05, 4.69) is 4.98 Å². The molecule has 0 aliphatic rings. The van der Waals surface area contributed by atoms with E-state index < -0.39 is 11.2 Å². The molecule has 2 heterocycles. The molecular formula is C25H27N5O3. The quantitative estimate of drug-likeness (QED) is 0.437. The fraction of sp³-hybridized carbons (Fsp3) is 0.280. The van der Waals surface area contributed by atoms with Gasteiger partial charge in [0, 0.05) is 19.6 Å². The van der Waals surface area contributed by atoms with Crippen LogP contribution in [0.2, 0.25) is 0 Å². The lowest BCUT2D eigenvalue weighted by atomic mass is 10.2. The molecule has 0 saturated carbocycles. The minimum absolute atomic E-state index is 0.0490. The number of fused-ring (bicyclic) bond motifs is 1. The molecule has 0 aliphatic carbocycles. The van der Waals surface area contributed by atoms with Crippen LogP contribution in [0, 0.1) is 0 Å². The van der Waals surface area contributed by atoms with Crippen LogP contribution in [0.25, 0.3) is 11.2 Å². The third-order valence-corrected chi connectivity index (χ3v) is 5.82. The Bertz CT molecular complexity index is 1380. The van der Waals surface area contributed by atoms with Gasteiger partial charge in [-0.05, 0) is 25.0 Å². The predicted octanol–water partition coefficient (Wildman–Crippen LogP) is 2.32. The van der Waals surface area contributed by atoms with Crippen LogP contribution >= 0.6 is 0 Å². The van der Waals surface area contributed by atoms with E-state index in [0.717, 1.165) is 15.7 Å². The molecule has 170 valence electrons.